The average molecular weight is 304 g/mol. The summed E-state index contributed by atoms with van der Waals surface area (Å²) >= 11 is 5.97. The zero-order valence-electron chi connectivity index (χ0n) is 11.8. The Morgan fingerprint density at radius 2 is 1.81 bits per heavy atom. The first-order valence-corrected chi connectivity index (χ1v) is 7.53. The Morgan fingerprint density at radius 3 is 2.67 bits per heavy atom. The van der Waals surface area contributed by atoms with Crippen molar-refractivity contribution < 1.29 is 9.47 Å². The molecule has 0 aliphatic carbocycles. The van der Waals surface area contributed by atoms with E-state index in [1.807, 2.05) is 30.3 Å². The summed E-state index contributed by atoms with van der Waals surface area (Å²) in [6, 6.07) is 14.1. The Hall–Kier alpha value is -1.71. The molecular weight excluding hydrogens is 286 g/mol. The molecule has 0 spiro atoms. The lowest BCUT2D eigenvalue weighted by atomic mass is 10.1. The normalized spacial score (nSPS) is 13.2. The second-order valence-corrected chi connectivity index (χ2v) is 5.47. The van der Waals surface area contributed by atoms with Crippen molar-refractivity contribution in [1.82, 2.24) is 5.32 Å². The summed E-state index contributed by atoms with van der Waals surface area (Å²) in [5, 5.41) is 4.23. The Labute approximate surface area is 129 Å². The van der Waals surface area contributed by atoms with Crippen LogP contribution in [0.2, 0.25) is 5.02 Å². The van der Waals surface area contributed by atoms with Crippen molar-refractivity contribution in [3.8, 4) is 11.5 Å². The minimum absolute atomic E-state index is 0.624. The maximum absolute atomic E-state index is 5.97. The second kappa shape index (κ2) is 6.83. The Morgan fingerprint density at radius 1 is 0.952 bits per heavy atom. The SMILES string of the molecule is Clc1cccc(CCNCc2ccc3c(c2)OCCO3)c1. The fraction of sp³-hybridized carbons (Fsp3) is 0.294. The van der Waals surface area contributed by atoms with Gasteiger partial charge in [0.25, 0.3) is 0 Å². The molecule has 2 aromatic carbocycles. The van der Waals surface area contributed by atoms with Crippen molar-refractivity contribution in [2.45, 2.75) is 13.0 Å². The van der Waals surface area contributed by atoms with Crippen LogP contribution in [0.25, 0.3) is 0 Å². The van der Waals surface area contributed by atoms with Crippen LogP contribution in [0.5, 0.6) is 11.5 Å². The molecule has 1 aliphatic heterocycles. The first kappa shape index (κ1) is 14.2. The molecule has 0 saturated carbocycles. The molecule has 21 heavy (non-hydrogen) atoms. The van der Waals surface area contributed by atoms with Crippen LogP contribution in [0, 0.1) is 0 Å². The highest BCUT2D eigenvalue weighted by molar-refractivity contribution is 6.30. The fourth-order valence-corrected chi connectivity index (χ4v) is 2.57. The van der Waals surface area contributed by atoms with Gasteiger partial charge in [0.15, 0.2) is 11.5 Å². The largest absolute Gasteiger partial charge is 0.486 e. The molecule has 110 valence electrons. The van der Waals surface area contributed by atoms with Gasteiger partial charge in [-0.25, -0.2) is 0 Å². The van der Waals surface area contributed by atoms with Gasteiger partial charge in [-0.3, -0.25) is 0 Å². The van der Waals surface area contributed by atoms with E-state index in [0.29, 0.717) is 13.2 Å². The summed E-state index contributed by atoms with van der Waals surface area (Å²) in [5.41, 5.74) is 2.45. The third kappa shape index (κ3) is 3.90. The van der Waals surface area contributed by atoms with Crippen LogP contribution in [0.15, 0.2) is 42.5 Å². The summed E-state index contributed by atoms with van der Waals surface area (Å²) in [6.07, 6.45) is 0.963. The lowest BCUT2D eigenvalue weighted by Crippen LogP contribution is -2.18. The van der Waals surface area contributed by atoms with Crippen LogP contribution in [-0.2, 0) is 13.0 Å². The predicted molar refractivity (Wildman–Crippen MR) is 84.3 cm³/mol. The number of benzene rings is 2. The van der Waals surface area contributed by atoms with Gasteiger partial charge in [0.2, 0.25) is 0 Å². The number of rotatable bonds is 5. The van der Waals surface area contributed by atoms with Gasteiger partial charge in [0.05, 0.1) is 0 Å². The molecule has 1 N–H and O–H groups in total. The first-order valence-electron chi connectivity index (χ1n) is 7.15. The molecule has 0 fully saturated rings. The second-order valence-electron chi connectivity index (χ2n) is 5.03. The van der Waals surface area contributed by atoms with Crippen LogP contribution < -0.4 is 14.8 Å². The van der Waals surface area contributed by atoms with E-state index in [1.54, 1.807) is 0 Å². The maximum Gasteiger partial charge on any atom is 0.161 e. The highest BCUT2D eigenvalue weighted by atomic mass is 35.5. The van der Waals surface area contributed by atoms with Gasteiger partial charge >= 0.3 is 0 Å². The predicted octanol–water partition coefficient (Wildman–Crippen LogP) is 3.44. The van der Waals surface area contributed by atoms with Crippen molar-refractivity contribution in [3.05, 3.63) is 58.6 Å². The van der Waals surface area contributed by atoms with Crippen LogP contribution in [0.3, 0.4) is 0 Å². The molecule has 3 rings (SSSR count). The highest BCUT2D eigenvalue weighted by Crippen LogP contribution is 2.30. The first-order chi connectivity index (χ1) is 10.3. The third-order valence-electron chi connectivity index (χ3n) is 3.42. The number of fused-ring (bicyclic) bond motifs is 1. The van der Waals surface area contributed by atoms with Crippen molar-refractivity contribution in [3.63, 3.8) is 0 Å². The number of halogens is 1. The molecular formula is C17H18ClNO2. The lowest BCUT2D eigenvalue weighted by Gasteiger charge is -2.19. The molecule has 0 unspecified atom stereocenters. The number of nitrogens with one attached hydrogen (secondary N) is 1. The summed E-state index contributed by atoms with van der Waals surface area (Å²) in [6.45, 7) is 2.98. The molecule has 0 atom stereocenters. The third-order valence-corrected chi connectivity index (χ3v) is 3.65. The topological polar surface area (TPSA) is 30.5 Å². The number of hydrogen-bond acceptors (Lipinski definition) is 3. The van der Waals surface area contributed by atoms with E-state index in [4.69, 9.17) is 21.1 Å². The molecule has 3 nitrogen and oxygen atoms in total. The van der Waals surface area contributed by atoms with E-state index in [9.17, 15) is 0 Å². The molecule has 0 radical (unpaired) electrons. The van der Waals surface area contributed by atoms with Gasteiger partial charge in [-0.05, 0) is 48.4 Å². The summed E-state index contributed by atoms with van der Waals surface area (Å²) in [4.78, 5) is 0. The zero-order valence-corrected chi connectivity index (χ0v) is 12.5. The van der Waals surface area contributed by atoms with Crippen LogP contribution in [0.1, 0.15) is 11.1 Å². The Kier molecular flexibility index (Phi) is 4.63. The summed E-state index contributed by atoms with van der Waals surface area (Å²) in [7, 11) is 0. The van der Waals surface area contributed by atoms with E-state index in [-0.39, 0.29) is 0 Å². The van der Waals surface area contributed by atoms with Crippen molar-refractivity contribution in [2.24, 2.45) is 0 Å². The van der Waals surface area contributed by atoms with E-state index < -0.39 is 0 Å². The minimum Gasteiger partial charge on any atom is -0.486 e. The molecule has 1 heterocycles. The van der Waals surface area contributed by atoms with E-state index in [0.717, 1.165) is 36.0 Å². The molecule has 0 bridgehead atoms. The van der Waals surface area contributed by atoms with Gasteiger partial charge < -0.3 is 14.8 Å². The zero-order chi connectivity index (χ0) is 14.5. The van der Waals surface area contributed by atoms with Crippen molar-refractivity contribution in [2.75, 3.05) is 19.8 Å². The molecule has 1 aliphatic rings. The molecule has 4 heteroatoms. The Balaban J connectivity index is 1.49. The van der Waals surface area contributed by atoms with Crippen LogP contribution in [0.4, 0.5) is 0 Å². The highest BCUT2D eigenvalue weighted by Gasteiger charge is 2.11. The van der Waals surface area contributed by atoms with Gasteiger partial charge in [0, 0.05) is 11.6 Å². The van der Waals surface area contributed by atoms with Crippen molar-refractivity contribution in [1.29, 1.82) is 0 Å². The molecule has 0 amide bonds. The fourth-order valence-electron chi connectivity index (χ4n) is 2.36. The number of ether oxygens (including phenoxy) is 2. The molecule has 2 aromatic rings. The van der Waals surface area contributed by atoms with Gasteiger partial charge in [0.1, 0.15) is 13.2 Å². The van der Waals surface area contributed by atoms with Gasteiger partial charge in [-0.1, -0.05) is 29.8 Å². The summed E-state index contributed by atoms with van der Waals surface area (Å²) in [5.74, 6) is 1.68. The molecule has 0 saturated heterocycles. The van der Waals surface area contributed by atoms with E-state index in [2.05, 4.69) is 17.4 Å². The van der Waals surface area contributed by atoms with Crippen LogP contribution >= 0.6 is 11.6 Å². The lowest BCUT2D eigenvalue weighted by molar-refractivity contribution is 0.171. The number of hydrogen-bond donors (Lipinski definition) is 1. The standard InChI is InChI=1S/C17H18ClNO2/c18-15-3-1-2-13(10-15)6-7-19-12-14-4-5-16-17(11-14)21-9-8-20-16/h1-5,10-11,19H,6-9,12H2. The smallest absolute Gasteiger partial charge is 0.161 e. The minimum atomic E-state index is 0.624. The van der Waals surface area contributed by atoms with Gasteiger partial charge in [-0.15, -0.1) is 0 Å². The quantitative estimate of drug-likeness (QED) is 0.858. The van der Waals surface area contributed by atoms with E-state index >= 15 is 0 Å². The van der Waals surface area contributed by atoms with E-state index in [1.165, 1.54) is 11.1 Å². The monoisotopic (exact) mass is 303 g/mol. The Bertz CT molecular complexity index is 615. The van der Waals surface area contributed by atoms with Crippen molar-refractivity contribution >= 4 is 11.6 Å². The molecule has 0 aromatic heterocycles. The van der Waals surface area contributed by atoms with Crippen LogP contribution in [-0.4, -0.2) is 19.8 Å². The van der Waals surface area contributed by atoms with Gasteiger partial charge in [-0.2, -0.15) is 0 Å². The maximum atomic E-state index is 5.97. The average Bonchev–Trinajstić information content (AvgIpc) is 2.51. The summed E-state index contributed by atoms with van der Waals surface area (Å²) < 4.78 is 11.1.